The highest BCUT2D eigenvalue weighted by Crippen LogP contribution is 2.50. The smallest absolute Gasteiger partial charge is 0.200 e. The number of methoxy groups -OCH3 is 2. The maximum Gasteiger partial charge on any atom is 0.200 e. The van der Waals surface area contributed by atoms with E-state index in [1.807, 2.05) is 18.2 Å². The standard InChI is InChI=1S/C31H36O7/c1-37-29-15-20(9-13-27(29)34)8-11-22(32)16-23(33)17-25-21(14-19-6-4-3-5-7-19)10-12-24-26(25)18-28(35)30(36)31(24)38-2/h3-7,9,13,15,18,21,23,25,33-36H,8,10-12,14,16-17H2,1-2H3/t21-,23-,25-/m0/s1. The number of Topliss-reactive ketones (excluding diaryl/α,β-unsaturated/α-hetero) is 1. The minimum Gasteiger partial charge on any atom is -0.504 e. The van der Waals surface area contributed by atoms with Crippen LogP contribution >= 0.6 is 0 Å². The Bertz CT molecular complexity index is 1250. The first-order valence-electron chi connectivity index (χ1n) is 13.0. The third-order valence-corrected chi connectivity index (χ3v) is 7.58. The van der Waals surface area contributed by atoms with Gasteiger partial charge in [-0.1, -0.05) is 36.4 Å². The second-order valence-electron chi connectivity index (χ2n) is 10.1. The van der Waals surface area contributed by atoms with Crippen LogP contribution in [0.1, 0.15) is 53.9 Å². The Hall–Kier alpha value is -3.71. The van der Waals surface area contributed by atoms with Crippen LogP contribution in [0, 0.1) is 5.92 Å². The van der Waals surface area contributed by atoms with Gasteiger partial charge in [-0.3, -0.25) is 4.79 Å². The number of aliphatic hydroxyl groups is 1. The molecule has 4 N–H and O–H groups in total. The zero-order valence-corrected chi connectivity index (χ0v) is 21.9. The molecule has 7 nitrogen and oxygen atoms in total. The van der Waals surface area contributed by atoms with E-state index in [2.05, 4.69) is 12.1 Å². The van der Waals surface area contributed by atoms with E-state index in [0.29, 0.717) is 25.0 Å². The molecule has 3 aromatic carbocycles. The van der Waals surface area contributed by atoms with Crippen LogP contribution < -0.4 is 9.47 Å². The largest absolute Gasteiger partial charge is 0.504 e. The lowest BCUT2D eigenvalue weighted by Crippen LogP contribution is -2.27. The molecule has 0 bridgehead atoms. The molecule has 202 valence electrons. The van der Waals surface area contributed by atoms with E-state index in [0.717, 1.165) is 29.5 Å². The first kappa shape index (κ1) is 27.3. The number of phenols is 3. The number of fused-ring (bicyclic) bond motifs is 1. The molecule has 0 heterocycles. The van der Waals surface area contributed by atoms with Gasteiger partial charge in [-0.2, -0.15) is 0 Å². The molecular weight excluding hydrogens is 484 g/mol. The van der Waals surface area contributed by atoms with Gasteiger partial charge in [0, 0.05) is 18.4 Å². The van der Waals surface area contributed by atoms with Crippen molar-refractivity contribution in [2.75, 3.05) is 14.2 Å². The van der Waals surface area contributed by atoms with Crippen LogP contribution in [0.25, 0.3) is 0 Å². The average molecular weight is 521 g/mol. The van der Waals surface area contributed by atoms with Gasteiger partial charge in [-0.25, -0.2) is 0 Å². The van der Waals surface area contributed by atoms with E-state index in [1.165, 1.54) is 19.8 Å². The SMILES string of the molecule is COc1cc(CCC(=O)C[C@H](O)C[C@@H]2c3cc(O)c(O)c(OC)c3CC[C@H]2Cc2ccccc2)ccc1O. The summed E-state index contributed by atoms with van der Waals surface area (Å²) in [6.45, 7) is 0. The van der Waals surface area contributed by atoms with E-state index >= 15 is 0 Å². The van der Waals surface area contributed by atoms with E-state index < -0.39 is 6.10 Å². The fourth-order valence-corrected chi connectivity index (χ4v) is 5.67. The summed E-state index contributed by atoms with van der Waals surface area (Å²) in [6, 6.07) is 16.7. The molecule has 0 unspecified atom stereocenters. The third kappa shape index (κ3) is 6.22. The van der Waals surface area contributed by atoms with Gasteiger partial charge >= 0.3 is 0 Å². The zero-order chi connectivity index (χ0) is 27.2. The van der Waals surface area contributed by atoms with Gasteiger partial charge in [0.25, 0.3) is 0 Å². The van der Waals surface area contributed by atoms with Gasteiger partial charge in [-0.05, 0) is 78.8 Å². The predicted octanol–water partition coefficient (Wildman–Crippen LogP) is 5.05. The average Bonchev–Trinajstić information content (AvgIpc) is 2.91. The van der Waals surface area contributed by atoms with Crippen molar-refractivity contribution in [3.8, 4) is 28.7 Å². The lowest BCUT2D eigenvalue weighted by molar-refractivity contribution is -0.121. The highest BCUT2D eigenvalue weighted by Gasteiger charge is 2.35. The number of phenolic OH excluding ortho intramolecular Hbond substituents is 3. The van der Waals surface area contributed by atoms with Crippen LogP contribution in [0.4, 0.5) is 0 Å². The Morgan fingerprint density at radius 2 is 1.74 bits per heavy atom. The maximum absolute atomic E-state index is 12.8. The van der Waals surface area contributed by atoms with Gasteiger partial charge in [0.2, 0.25) is 5.75 Å². The fraction of sp³-hybridized carbons (Fsp3) is 0.387. The second-order valence-corrected chi connectivity index (χ2v) is 10.1. The number of ketones is 1. The normalized spacial score (nSPS) is 17.4. The highest BCUT2D eigenvalue weighted by atomic mass is 16.5. The van der Waals surface area contributed by atoms with Crippen molar-refractivity contribution in [1.82, 2.24) is 0 Å². The number of aliphatic hydroxyl groups excluding tert-OH is 1. The molecule has 3 atom stereocenters. The van der Waals surface area contributed by atoms with Crippen LogP contribution in [-0.4, -0.2) is 46.5 Å². The molecule has 0 fully saturated rings. The lowest BCUT2D eigenvalue weighted by Gasteiger charge is -2.36. The predicted molar refractivity (Wildman–Crippen MR) is 144 cm³/mol. The van der Waals surface area contributed by atoms with Gasteiger partial charge in [0.1, 0.15) is 5.78 Å². The van der Waals surface area contributed by atoms with E-state index in [-0.39, 0.29) is 53.5 Å². The number of aromatic hydroxyl groups is 3. The van der Waals surface area contributed by atoms with Crippen LogP contribution in [0.3, 0.4) is 0 Å². The molecule has 0 spiro atoms. The number of hydrogen-bond donors (Lipinski definition) is 4. The Kier molecular flexibility index (Phi) is 8.79. The molecule has 1 aliphatic rings. The molecule has 0 aliphatic heterocycles. The minimum absolute atomic E-state index is 0.0281. The van der Waals surface area contributed by atoms with Crippen LogP contribution in [-0.2, 0) is 24.1 Å². The fourth-order valence-electron chi connectivity index (χ4n) is 5.67. The summed E-state index contributed by atoms with van der Waals surface area (Å²) >= 11 is 0. The third-order valence-electron chi connectivity index (χ3n) is 7.58. The molecule has 4 rings (SSSR count). The van der Waals surface area contributed by atoms with Gasteiger partial charge < -0.3 is 29.9 Å². The van der Waals surface area contributed by atoms with Crippen LogP contribution in [0.15, 0.2) is 54.6 Å². The molecule has 0 aromatic heterocycles. The van der Waals surface area contributed by atoms with Crippen molar-refractivity contribution in [3.05, 3.63) is 76.9 Å². The first-order valence-corrected chi connectivity index (χ1v) is 13.0. The highest BCUT2D eigenvalue weighted by molar-refractivity contribution is 5.79. The molecule has 3 aromatic rings. The number of carbonyl (C=O) groups is 1. The van der Waals surface area contributed by atoms with Crippen molar-refractivity contribution >= 4 is 5.78 Å². The van der Waals surface area contributed by atoms with Crippen molar-refractivity contribution in [1.29, 1.82) is 0 Å². The molecule has 0 saturated carbocycles. The first-order chi connectivity index (χ1) is 18.3. The van der Waals surface area contributed by atoms with Crippen LogP contribution in [0.2, 0.25) is 0 Å². The number of rotatable bonds is 11. The zero-order valence-electron chi connectivity index (χ0n) is 21.9. The number of carbonyl (C=O) groups excluding carboxylic acids is 1. The van der Waals surface area contributed by atoms with Crippen molar-refractivity contribution in [3.63, 3.8) is 0 Å². The molecule has 0 amide bonds. The topological polar surface area (TPSA) is 116 Å². The summed E-state index contributed by atoms with van der Waals surface area (Å²) < 4.78 is 10.6. The number of benzene rings is 3. The number of ether oxygens (including phenoxy) is 2. The Balaban J connectivity index is 1.49. The molecule has 1 aliphatic carbocycles. The van der Waals surface area contributed by atoms with Gasteiger partial charge in [-0.15, -0.1) is 0 Å². The molecule has 7 heteroatoms. The molecule has 38 heavy (non-hydrogen) atoms. The van der Waals surface area contributed by atoms with Crippen LogP contribution in [0.5, 0.6) is 28.7 Å². The van der Waals surface area contributed by atoms with E-state index in [1.54, 1.807) is 24.3 Å². The number of hydrogen-bond acceptors (Lipinski definition) is 7. The summed E-state index contributed by atoms with van der Waals surface area (Å²) in [7, 11) is 2.95. The molecular formula is C31H36O7. The van der Waals surface area contributed by atoms with E-state index in [4.69, 9.17) is 9.47 Å². The molecule has 0 saturated heterocycles. The Morgan fingerprint density at radius 1 is 0.974 bits per heavy atom. The summed E-state index contributed by atoms with van der Waals surface area (Å²) in [6.07, 6.45) is 2.60. The second kappa shape index (κ2) is 12.2. The van der Waals surface area contributed by atoms with Gasteiger partial charge in [0.05, 0.1) is 20.3 Å². The molecule has 0 radical (unpaired) electrons. The quantitative estimate of drug-likeness (QED) is 0.261. The summed E-state index contributed by atoms with van der Waals surface area (Å²) in [5.74, 6) is 0.182. The van der Waals surface area contributed by atoms with Gasteiger partial charge in [0.15, 0.2) is 23.0 Å². The summed E-state index contributed by atoms with van der Waals surface area (Å²) in [5.41, 5.74) is 3.76. The van der Waals surface area contributed by atoms with Crippen molar-refractivity contribution < 1.29 is 34.7 Å². The summed E-state index contributed by atoms with van der Waals surface area (Å²) in [4.78, 5) is 12.8. The lowest BCUT2D eigenvalue weighted by atomic mass is 9.70. The summed E-state index contributed by atoms with van der Waals surface area (Å²) in [5, 5.41) is 41.6. The number of aryl methyl sites for hydroxylation is 1. The Morgan fingerprint density at radius 3 is 2.45 bits per heavy atom. The van der Waals surface area contributed by atoms with Crippen molar-refractivity contribution in [2.45, 2.75) is 57.0 Å². The van der Waals surface area contributed by atoms with Crippen molar-refractivity contribution in [2.24, 2.45) is 5.92 Å². The van der Waals surface area contributed by atoms with E-state index in [9.17, 15) is 25.2 Å². The maximum atomic E-state index is 12.8. The Labute approximate surface area is 223 Å². The minimum atomic E-state index is -0.854. The monoisotopic (exact) mass is 520 g/mol.